The highest BCUT2D eigenvalue weighted by molar-refractivity contribution is 5.57. The van der Waals surface area contributed by atoms with Crippen molar-refractivity contribution in [3.63, 3.8) is 0 Å². The van der Waals surface area contributed by atoms with E-state index in [-0.39, 0.29) is 5.82 Å². The quantitative estimate of drug-likeness (QED) is 0.864. The van der Waals surface area contributed by atoms with Gasteiger partial charge in [-0.3, -0.25) is 0 Å². The summed E-state index contributed by atoms with van der Waals surface area (Å²) >= 11 is 0. The Labute approximate surface area is 112 Å². The van der Waals surface area contributed by atoms with E-state index in [9.17, 15) is 4.39 Å². The molecule has 0 aliphatic rings. The topological polar surface area (TPSA) is 49.8 Å². The molecule has 2 aromatic rings. The van der Waals surface area contributed by atoms with Crippen LogP contribution in [0.1, 0.15) is 19.0 Å². The number of benzene rings is 1. The van der Waals surface area contributed by atoms with Gasteiger partial charge in [0.1, 0.15) is 11.6 Å². The van der Waals surface area contributed by atoms with Gasteiger partial charge in [0.2, 0.25) is 5.95 Å². The molecule has 0 bridgehead atoms. The third-order valence-electron chi connectivity index (χ3n) is 2.48. The monoisotopic (exact) mass is 260 g/mol. The van der Waals surface area contributed by atoms with Crippen molar-refractivity contribution in [1.29, 1.82) is 0 Å². The van der Waals surface area contributed by atoms with Crippen LogP contribution in [0.15, 0.2) is 30.3 Å². The minimum Gasteiger partial charge on any atom is -0.354 e. The molecule has 19 heavy (non-hydrogen) atoms. The van der Waals surface area contributed by atoms with Crippen LogP contribution in [0.2, 0.25) is 0 Å². The highest BCUT2D eigenvalue weighted by Gasteiger charge is 2.02. The molecule has 100 valence electrons. The maximum Gasteiger partial charge on any atom is 0.224 e. The zero-order chi connectivity index (χ0) is 13.7. The van der Waals surface area contributed by atoms with E-state index in [1.807, 2.05) is 13.0 Å². The van der Waals surface area contributed by atoms with E-state index in [4.69, 9.17) is 0 Å². The van der Waals surface area contributed by atoms with Gasteiger partial charge in [-0.25, -0.2) is 9.37 Å². The molecule has 5 heteroatoms. The van der Waals surface area contributed by atoms with Gasteiger partial charge in [-0.05, 0) is 31.5 Å². The molecular formula is C14H17FN4. The minimum absolute atomic E-state index is 0.278. The zero-order valence-corrected chi connectivity index (χ0v) is 11.1. The maximum atomic E-state index is 13.1. The van der Waals surface area contributed by atoms with Crippen molar-refractivity contribution in [2.24, 2.45) is 0 Å². The molecule has 0 fully saturated rings. The van der Waals surface area contributed by atoms with Crippen LogP contribution in [0.4, 0.5) is 21.8 Å². The van der Waals surface area contributed by atoms with E-state index >= 15 is 0 Å². The lowest BCUT2D eigenvalue weighted by molar-refractivity contribution is 0.628. The summed E-state index contributed by atoms with van der Waals surface area (Å²) in [6, 6.07) is 8.10. The summed E-state index contributed by atoms with van der Waals surface area (Å²) in [5.41, 5.74) is 1.52. The second-order valence-electron chi connectivity index (χ2n) is 4.28. The Kier molecular flexibility index (Phi) is 4.28. The summed E-state index contributed by atoms with van der Waals surface area (Å²) in [5.74, 6) is 0.956. The van der Waals surface area contributed by atoms with Gasteiger partial charge in [-0.2, -0.15) is 4.98 Å². The van der Waals surface area contributed by atoms with Gasteiger partial charge < -0.3 is 10.6 Å². The Bertz CT molecular complexity index is 557. The van der Waals surface area contributed by atoms with Gasteiger partial charge >= 0.3 is 0 Å². The van der Waals surface area contributed by atoms with Crippen molar-refractivity contribution < 1.29 is 4.39 Å². The second-order valence-corrected chi connectivity index (χ2v) is 4.28. The summed E-state index contributed by atoms with van der Waals surface area (Å²) in [6.07, 6.45) is 1.00. The molecule has 0 spiro atoms. The third kappa shape index (κ3) is 3.91. The second kappa shape index (κ2) is 6.13. The molecule has 2 rings (SSSR count). The van der Waals surface area contributed by atoms with Gasteiger partial charge in [-0.15, -0.1) is 0 Å². The highest BCUT2D eigenvalue weighted by atomic mass is 19.1. The highest BCUT2D eigenvalue weighted by Crippen LogP contribution is 2.17. The lowest BCUT2D eigenvalue weighted by atomic mass is 10.3. The van der Waals surface area contributed by atoms with Gasteiger partial charge in [0, 0.05) is 24.0 Å². The summed E-state index contributed by atoms with van der Waals surface area (Å²) < 4.78 is 13.1. The van der Waals surface area contributed by atoms with Crippen LogP contribution in [0, 0.1) is 12.7 Å². The van der Waals surface area contributed by atoms with E-state index < -0.39 is 0 Å². The fourth-order valence-electron chi connectivity index (χ4n) is 1.66. The molecule has 0 amide bonds. The number of aromatic nitrogens is 2. The smallest absolute Gasteiger partial charge is 0.224 e. The van der Waals surface area contributed by atoms with E-state index in [0.717, 1.165) is 18.7 Å². The van der Waals surface area contributed by atoms with Crippen LogP contribution in [0.5, 0.6) is 0 Å². The largest absolute Gasteiger partial charge is 0.354 e. The first-order chi connectivity index (χ1) is 9.17. The van der Waals surface area contributed by atoms with Crippen LogP contribution < -0.4 is 10.6 Å². The Hall–Kier alpha value is -2.17. The van der Waals surface area contributed by atoms with Gasteiger partial charge in [0.15, 0.2) is 0 Å². The Morgan fingerprint density at radius 1 is 1.21 bits per heavy atom. The molecule has 1 heterocycles. The third-order valence-corrected chi connectivity index (χ3v) is 2.48. The van der Waals surface area contributed by atoms with Gasteiger partial charge in [0.05, 0.1) is 0 Å². The van der Waals surface area contributed by atoms with Crippen molar-refractivity contribution in [3.05, 3.63) is 41.8 Å². The lowest BCUT2D eigenvalue weighted by Crippen LogP contribution is -2.06. The molecule has 2 N–H and O–H groups in total. The first kappa shape index (κ1) is 13.3. The van der Waals surface area contributed by atoms with Gasteiger partial charge in [0.25, 0.3) is 0 Å². The number of halogens is 1. The molecule has 0 unspecified atom stereocenters. The fraction of sp³-hybridized carbons (Fsp3) is 0.286. The molecule has 0 radical (unpaired) electrons. The molecule has 0 aliphatic carbocycles. The van der Waals surface area contributed by atoms with Crippen molar-refractivity contribution >= 4 is 17.5 Å². The number of anilines is 3. The van der Waals surface area contributed by atoms with Crippen LogP contribution in [0.3, 0.4) is 0 Å². The Morgan fingerprint density at radius 3 is 2.79 bits per heavy atom. The van der Waals surface area contributed by atoms with Crippen molar-refractivity contribution in [1.82, 2.24) is 9.97 Å². The van der Waals surface area contributed by atoms with Crippen molar-refractivity contribution in [2.75, 3.05) is 17.2 Å². The average Bonchev–Trinajstić information content (AvgIpc) is 2.35. The number of hydrogen-bond acceptors (Lipinski definition) is 4. The van der Waals surface area contributed by atoms with Crippen LogP contribution in [-0.2, 0) is 0 Å². The standard InChI is InChI=1S/C14H17FN4/c1-3-7-16-14-17-10(2)8-13(19-14)18-12-6-4-5-11(15)9-12/h4-6,8-9H,3,7H2,1-2H3,(H2,16,17,18,19). The molecule has 0 aliphatic heterocycles. The van der Waals surface area contributed by atoms with Crippen LogP contribution in [0.25, 0.3) is 0 Å². The fourth-order valence-corrected chi connectivity index (χ4v) is 1.66. The van der Waals surface area contributed by atoms with Crippen molar-refractivity contribution in [3.8, 4) is 0 Å². The maximum absolute atomic E-state index is 13.1. The van der Waals surface area contributed by atoms with E-state index in [2.05, 4.69) is 27.5 Å². The van der Waals surface area contributed by atoms with E-state index in [1.165, 1.54) is 12.1 Å². The lowest BCUT2D eigenvalue weighted by Gasteiger charge is -2.09. The summed E-state index contributed by atoms with van der Waals surface area (Å²) in [4.78, 5) is 8.63. The first-order valence-electron chi connectivity index (χ1n) is 6.29. The molecule has 1 aromatic heterocycles. The first-order valence-corrected chi connectivity index (χ1v) is 6.29. The normalized spacial score (nSPS) is 10.3. The molecule has 0 atom stereocenters. The molecule has 1 aromatic carbocycles. The number of nitrogens with one attached hydrogen (secondary N) is 2. The predicted octanol–water partition coefficient (Wildman–Crippen LogP) is 3.49. The average molecular weight is 260 g/mol. The Morgan fingerprint density at radius 2 is 2.05 bits per heavy atom. The number of nitrogens with zero attached hydrogens (tertiary/aromatic N) is 2. The summed E-state index contributed by atoms with van der Waals surface area (Å²) in [7, 11) is 0. The molecule has 4 nitrogen and oxygen atoms in total. The van der Waals surface area contributed by atoms with Crippen LogP contribution in [-0.4, -0.2) is 16.5 Å². The van der Waals surface area contributed by atoms with E-state index in [1.54, 1.807) is 12.1 Å². The minimum atomic E-state index is -0.278. The number of hydrogen-bond donors (Lipinski definition) is 2. The number of rotatable bonds is 5. The summed E-state index contributed by atoms with van der Waals surface area (Å²) in [6.45, 7) is 4.80. The van der Waals surface area contributed by atoms with Gasteiger partial charge in [-0.1, -0.05) is 13.0 Å². The zero-order valence-electron chi connectivity index (χ0n) is 11.1. The molecule has 0 saturated heterocycles. The Balaban J connectivity index is 2.17. The predicted molar refractivity (Wildman–Crippen MR) is 75.2 cm³/mol. The number of aryl methyl sites for hydroxylation is 1. The van der Waals surface area contributed by atoms with E-state index in [0.29, 0.717) is 17.5 Å². The summed E-state index contributed by atoms with van der Waals surface area (Å²) in [5, 5.41) is 6.21. The van der Waals surface area contributed by atoms with Crippen LogP contribution >= 0.6 is 0 Å². The molecule has 0 saturated carbocycles. The van der Waals surface area contributed by atoms with Crippen molar-refractivity contribution in [2.45, 2.75) is 20.3 Å². The SMILES string of the molecule is CCCNc1nc(C)cc(Nc2cccc(F)c2)n1. The molecular weight excluding hydrogens is 243 g/mol.